The monoisotopic (exact) mass is 247 g/mol. The predicted molar refractivity (Wildman–Crippen MR) is 68.8 cm³/mol. The van der Waals surface area contributed by atoms with Crippen LogP contribution >= 0.6 is 0 Å². The number of hydrogen-bond donors (Lipinski definition) is 0. The summed E-state index contributed by atoms with van der Waals surface area (Å²) in [7, 11) is 0. The molecule has 1 aromatic carbocycles. The molecular formula is C14H17NO3. The second-order valence-electron chi connectivity index (χ2n) is 4.51. The van der Waals surface area contributed by atoms with Crippen molar-refractivity contribution in [1.82, 2.24) is 0 Å². The van der Waals surface area contributed by atoms with Crippen molar-refractivity contribution in [3.63, 3.8) is 0 Å². The zero-order valence-corrected chi connectivity index (χ0v) is 10.7. The van der Waals surface area contributed by atoms with Gasteiger partial charge in [0.1, 0.15) is 5.75 Å². The van der Waals surface area contributed by atoms with Crippen LogP contribution in [0.1, 0.15) is 26.7 Å². The van der Waals surface area contributed by atoms with Gasteiger partial charge in [0.05, 0.1) is 0 Å². The lowest BCUT2D eigenvalue weighted by molar-refractivity contribution is -0.122. The zero-order chi connectivity index (χ0) is 13.1. The molecule has 0 saturated carbocycles. The minimum atomic E-state index is -0.440. The average molecular weight is 247 g/mol. The van der Waals surface area contributed by atoms with Crippen molar-refractivity contribution in [2.45, 2.75) is 32.8 Å². The Morgan fingerprint density at radius 3 is 2.50 bits per heavy atom. The number of anilines is 1. The number of carbonyl (C=O) groups is 2. The number of ketones is 1. The average Bonchev–Trinajstić information content (AvgIpc) is 2.76. The molecule has 1 unspecified atom stereocenters. The molecule has 1 atom stereocenters. The van der Waals surface area contributed by atoms with Gasteiger partial charge in [-0.05, 0) is 44.5 Å². The van der Waals surface area contributed by atoms with Gasteiger partial charge in [-0.15, -0.1) is 0 Å². The number of rotatable bonds is 4. The van der Waals surface area contributed by atoms with Crippen LogP contribution in [0.25, 0.3) is 0 Å². The Labute approximate surface area is 107 Å². The highest BCUT2D eigenvalue weighted by Gasteiger charge is 2.21. The van der Waals surface area contributed by atoms with Gasteiger partial charge in [0, 0.05) is 18.7 Å². The quantitative estimate of drug-likeness (QED) is 0.819. The highest BCUT2D eigenvalue weighted by molar-refractivity contribution is 5.95. The summed E-state index contributed by atoms with van der Waals surface area (Å²) in [6.07, 6.45) is 1.10. The third-order valence-corrected chi connectivity index (χ3v) is 3.11. The van der Waals surface area contributed by atoms with E-state index in [0.717, 1.165) is 18.7 Å². The van der Waals surface area contributed by atoms with Crippen LogP contribution in [0, 0.1) is 0 Å². The molecule has 1 aromatic rings. The number of benzene rings is 1. The molecule has 0 N–H and O–H groups in total. The first-order chi connectivity index (χ1) is 8.58. The summed E-state index contributed by atoms with van der Waals surface area (Å²) in [5.41, 5.74) is 0.889. The Bertz CT molecular complexity index is 453. The van der Waals surface area contributed by atoms with Crippen LogP contribution < -0.4 is 9.64 Å². The van der Waals surface area contributed by atoms with Gasteiger partial charge >= 0.3 is 0 Å². The van der Waals surface area contributed by atoms with E-state index < -0.39 is 6.10 Å². The van der Waals surface area contributed by atoms with Crippen LogP contribution in [0.2, 0.25) is 0 Å². The van der Waals surface area contributed by atoms with E-state index in [2.05, 4.69) is 0 Å². The molecule has 4 heteroatoms. The van der Waals surface area contributed by atoms with E-state index in [4.69, 9.17) is 4.74 Å². The molecule has 0 aromatic heterocycles. The smallest absolute Gasteiger partial charge is 0.227 e. The molecule has 0 aliphatic carbocycles. The molecule has 1 amide bonds. The highest BCUT2D eigenvalue weighted by atomic mass is 16.5. The summed E-state index contributed by atoms with van der Waals surface area (Å²) in [4.78, 5) is 24.4. The summed E-state index contributed by atoms with van der Waals surface area (Å²) in [6, 6.07) is 7.29. The maximum Gasteiger partial charge on any atom is 0.227 e. The largest absolute Gasteiger partial charge is 0.483 e. The summed E-state index contributed by atoms with van der Waals surface area (Å²) < 4.78 is 5.47. The van der Waals surface area contributed by atoms with E-state index in [-0.39, 0.29) is 11.7 Å². The third kappa shape index (κ3) is 2.70. The van der Waals surface area contributed by atoms with Gasteiger partial charge in [-0.2, -0.15) is 0 Å². The molecule has 0 spiro atoms. The Morgan fingerprint density at radius 2 is 2.00 bits per heavy atom. The summed E-state index contributed by atoms with van der Waals surface area (Å²) >= 11 is 0. The molecule has 1 saturated heterocycles. The van der Waals surface area contributed by atoms with Crippen molar-refractivity contribution >= 4 is 17.4 Å². The molecule has 96 valence electrons. The number of amides is 1. The van der Waals surface area contributed by atoms with Gasteiger partial charge in [-0.3, -0.25) is 9.59 Å². The van der Waals surface area contributed by atoms with E-state index >= 15 is 0 Å². The molecule has 1 aliphatic heterocycles. The van der Waals surface area contributed by atoms with Crippen LogP contribution in [0.15, 0.2) is 24.3 Å². The lowest BCUT2D eigenvalue weighted by atomic mass is 10.2. The van der Waals surface area contributed by atoms with Crippen molar-refractivity contribution in [3.05, 3.63) is 24.3 Å². The molecule has 1 fully saturated rings. The van der Waals surface area contributed by atoms with E-state index in [1.54, 1.807) is 24.0 Å². The summed E-state index contributed by atoms with van der Waals surface area (Å²) in [5.74, 6) is 0.808. The lowest BCUT2D eigenvalue weighted by Gasteiger charge is -2.17. The van der Waals surface area contributed by atoms with Crippen LogP contribution in [0.3, 0.4) is 0 Å². The van der Waals surface area contributed by atoms with Crippen LogP contribution in [0.5, 0.6) is 5.75 Å². The minimum absolute atomic E-state index is 0.00574. The van der Waals surface area contributed by atoms with Crippen LogP contribution in [0.4, 0.5) is 5.69 Å². The molecule has 4 nitrogen and oxygen atoms in total. The fourth-order valence-corrected chi connectivity index (χ4v) is 1.91. The fourth-order valence-electron chi connectivity index (χ4n) is 1.91. The molecule has 0 bridgehead atoms. The minimum Gasteiger partial charge on any atom is -0.483 e. The Balaban J connectivity index is 2.05. The van der Waals surface area contributed by atoms with Gasteiger partial charge in [0.15, 0.2) is 11.9 Å². The Hall–Kier alpha value is -1.84. The molecule has 1 heterocycles. The molecule has 18 heavy (non-hydrogen) atoms. The fraction of sp³-hybridized carbons (Fsp3) is 0.429. The molecular weight excluding hydrogens is 230 g/mol. The SMILES string of the molecule is CC(=O)C(C)Oc1ccc(N2CCCC2=O)cc1. The van der Waals surface area contributed by atoms with Crippen molar-refractivity contribution in [2.24, 2.45) is 0 Å². The van der Waals surface area contributed by atoms with E-state index in [1.165, 1.54) is 6.92 Å². The number of carbonyl (C=O) groups excluding carboxylic acids is 2. The van der Waals surface area contributed by atoms with Gasteiger partial charge < -0.3 is 9.64 Å². The van der Waals surface area contributed by atoms with Crippen molar-refractivity contribution in [2.75, 3.05) is 11.4 Å². The highest BCUT2D eigenvalue weighted by Crippen LogP contribution is 2.24. The first-order valence-corrected chi connectivity index (χ1v) is 6.15. The van der Waals surface area contributed by atoms with Crippen LogP contribution in [-0.4, -0.2) is 24.3 Å². The predicted octanol–water partition coefficient (Wildman–Crippen LogP) is 2.17. The maximum atomic E-state index is 11.6. The van der Waals surface area contributed by atoms with E-state index in [0.29, 0.717) is 12.2 Å². The zero-order valence-electron chi connectivity index (χ0n) is 10.7. The second-order valence-corrected chi connectivity index (χ2v) is 4.51. The number of Topliss-reactive ketones (excluding diaryl/α,β-unsaturated/α-hetero) is 1. The first-order valence-electron chi connectivity index (χ1n) is 6.15. The number of nitrogens with zero attached hydrogens (tertiary/aromatic N) is 1. The number of hydrogen-bond acceptors (Lipinski definition) is 3. The van der Waals surface area contributed by atoms with Gasteiger partial charge in [0.25, 0.3) is 0 Å². The lowest BCUT2D eigenvalue weighted by Crippen LogP contribution is -2.23. The maximum absolute atomic E-state index is 11.6. The van der Waals surface area contributed by atoms with Gasteiger partial charge in [-0.1, -0.05) is 0 Å². The van der Waals surface area contributed by atoms with Crippen molar-refractivity contribution in [3.8, 4) is 5.75 Å². The van der Waals surface area contributed by atoms with Gasteiger partial charge in [-0.25, -0.2) is 0 Å². The normalized spacial score (nSPS) is 16.8. The van der Waals surface area contributed by atoms with Crippen molar-refractivity contribution in [1.29, 1.82) is 0 Å². The van der Waals surface area contributed by atoms with Crippen LogP contribution in [-0.2, 0) is 9.59 Å². The van der Waals surface area contributed by atoms with E-state index in [9.17, 15) is 9.59 Å². The molecule has 2 rings (SSSR count). The van der Waals surface area contributed by atoms with Gasteiger partial charge in [0.2, 0.25) is 5.91 Å². The Kier molecular flexibility index (Phi) is 3.65. The summed E-state index contributed by atoms with van der Waals surface area (Å²) in [6.45, 7) is 4.01. The van der Waals surface area contributed by atoms with Crippen molar-refractivity contribution < 1.29 is 14.3 Å². The number of ether oxygens (including phenoxy) is 1. The Morgan fingerprint density at radius 1 is 1.33 bits per heavy atom. The topological polar surface area (TPSA) is 46.6 Å². The second kappa shape index (κ2) is 5.21. The standard InChI is InChI=1S/C14H17NO3/c1-10(16)11(2)18-13-7-5-12(6-8-13)15-9-3-4-14(15)17/h5-8,11H,3-4,9H2,1-2H3. The summed E-state index contributed by atoms with van der Waals surface area (Å²) in [5, 5.41) is 0. The molecule has 0 radical (unpaired) electrons. The third-order valence-electron chi connectivity index (χ3n) is 3.11. The van der Waals surface area contributed by atoms with E-state index in [1.807, 2.05) is 12.1 Å². The first kappa shape index (κ1) is 12.6. The molecule has 1 aliphatic rings.